The van der Waals surface area contributed by atoms with E-state index in [1.54, 1.807) is 6.20 Å². The Bertz CT molecular complexity index is 596. The van der Waals surface area contributed by atoms with Crippen molar-refractivity contribution in [3.05, 3.63) is 56.5 Å². The van der Waals surface area contributed by atoms with Crippen LogP contribution in [0.2, 0.25) is 0 Å². The van der Waals surface area contributed by atoms with Gasteiger partial charge in [-0.05, 0) is 39.9 Å². The summed E-state index contributed by atoms with van der Waals surface area (Å²) in [6.45, 7) is 0. The molecule has 1 aromatic heterocycles. The molecule has 1 heterocycles. The van der Waals surface area contributed by atoms with Gasteiger partial charge in [0.15, 0.2) is 0 Å². The van der Waals surface area contributed by atoms with E-state index in [0.717, 1.165) is 27.8 Å². The second-order valence-electron chi connectivity index (χ2n) is 4.32. The second kappa shape index (κ2) is 4.35. The van der Waals surface area contributed by atoms with Gasteiger partial charge in [-0.3, -0.25) is 0 Å². The predicted molar refractivity (Wildman–Crippen MR) is 73.7 cm³/mol. The maximum atomic E-state index is 5.22. The molecule has 1 aromatic carbocycles. The number of aromatic nitrogens is 2. The topological polar surface area (TPSA) is 28.7 Å². The molecule has 17 heavy (non-hydrogen) atoms. The minimum Gasteiger partial charge on any atom is -0.334 e. The lowest BCUT2D eigenvalue weighted by molar-refractivity contribution is 0.679. The van der Waals surface area contributed by atoms with E-state index in [1.165, 1.54) is 11.1 Å². The molecule has 86 valence electrons. The molecule has 0 aliphatic heterocycles. The van der Waals surface area contributed by atoms with Crippen LogP contribution in [0.25, 0.3) is 0 Å². The van der Waals surface area contributed by atoms with Gasteiger partial charge in [-0.15, -0.1) is 0 Å². The number of rotatable bonds is 1. The maximum absolute atomic E-state index is 5.22. The molecule has 2 aromatic rings. The molecule has 0 fully saturated rings. The Kier molecular flexibility index (Phi) is 2.84. The first-order valence-electron chi connectivity index (χ1n) is 5.55. The zero-order valence-electron chi connectivity index (χ0n) is 9.11. The molecule has 1 N–H and O–H groups in total. The minimum atomic E-state index is 0.433. The Labute approximate surface area is 113 Å². The van der Waals surface area contributed by atoms with E-state index in [-0.39, 0.29) is 0 Å². The largest absolute Gasteiger partial charge is 0.334 e. The van der Waals surface area contributed by atoms with Crippen LogP contribution in [-0.2, 0) is 12.8 Å². The first kappa shape index (κ1) is 11.1. The zero-order chi connectivity index (χ0) is 11.8. The fraction of sp³-hybridized carbons (Fsp3) is 0.231. The molecule has 0 atom stereocenters. The Morgan fingerprint density at radius 2 is 1.88 bits per heavy atom. The van der Waals surface area contributed by atoms with Crippen LogP contribution in [0.15, 0.2) is 34.9 Å². The van der Waals surface area contributed by atoms with Crippen molar-refractivity contribution >= 4 is 28.1 Å². The van der Waals surface area contributed by atoms with Crippen LogP contribution in [0.5, 0.6) is 0 Å². The average molecular weight is 307 g/mol. The van der Waals surface area contributed by atoms with E-state index < -0.39 is 0 Å². The third-order valence-electron chi connectivity index (χ3n) is 3.21. The molecule has 0 amide bonds. The molecular formula is C13H11BrN2S. The minimum absolute atomic E-state index is 0.433. The molecule has 0 bridgehead atoms. The van der Waals surface area contributed by atoms with Gasteiger partial charge in [0.25, 0.3) is 0 Å². The lowest BCUT2D eigenvalue weighted by Crippen LogP contribution is -2.04. The van der Waals surface area contributed by atoms with Crippen LogP contribution >= 0.6 is 28.1 Å². The monoisotopic (exact) mass is 306 g/mol. The number of hydrogen-bond donors (Lipinski definition) is 1. The van der Waals surface area contributed by atoms with Gasteiger partial charge in [0, 0.05) is 12.1 Å². The van der Waals surface area contributed by atoms with Gasteiger partial charge in [0.05, 0.1) is 4.47 Å². The van der Waals surface area contributed by atoms with Crippen LogP contribution in [0.1, 0.15) is 22.9 Å². The molecule has 3 rings (SSSR count). The van der Waals surface area contributed by atoms with Crippen molar-refractivity contribution in [1.82, 2.24) is 9.97 Å². The Morgan fingerprint density at radius 3 is 2.47 bits per heavy atom. The number of nitrogens with zero attached hydrogens (tertiary/aromatic N) is 1. The van der Waals surface area contributed by atoms with Gasteiger partial charge in [-0.25, -0.2) is 4.98 Å². The SMILES string of the molecule is S=c1[nH]c(C2Cc3ccccc3C2)ncc1Br. The molecule has 0 radical (unpaired) electrons. The van der Waals surface area contributed by atoms with Gasteiger partial charge in [-0.2, -0.15) is 0 Å². The normalized spacial score (nSPS) is 14.9. The van der Waals surface area contributed by atoms with Gasteiger partial charge in [-0.1, -0.05) is 36.5 Å². The second-order valence-corrected chi connectivity index (χ2v) is 5.58. The number of halogens is 1. The fourth-order valence-electron chi connectivity index (χ4n) is 2.35. The van der Waals surface area contributed by atoms with E-state index in [9.17, 15) is 0 Å². The summed E-state index contributed by atoms with van der Waals surface area (Å²) in [5.41, 5.74) is 2.86. The smallest absolute Gasteiger partial charge is 0.120 e. The van der Waals surface area contributed by atoms with Crippen LogP contribution < -0.4 is 0 Å². The molecule has 2 nitrogen and oxygen atoms in total. The summed E-state index contributed by atoms with van der Waals surface area (Å²) in [5, 5.41) is 0. The lowest BCUT2D eigenvalue weighted by Gasteiger charge is -2.08. The predicted octanol–water partition coefficient (Wildman–Crippen LogP) is 3.78. The van der Waals surface area contributed by atoms with Crippen LogP contribution in [0, 0.1) is 4.64 Å². The highest BCUT2D eigenvalue weighted by Crippen LogP contribution is 2.32. The lowest BCUT2D eigenvalue weighted by atomic mass is 10.1. The summed E-state index contributed by atoms with van der Waals surface area (Å²) in [6, 6.07) is 8.59. The number of hydrogen-bond acceptors (Lipinski definition) is 2. The van der Waals surface area contributed by atoms with Gasteiger partial charge in [0.2, 0.25) is 0 Å². The average Bonchev–Trinajstić information content (AvgIpc) is 2.76. The molecule has 0 unspecified atom stereocenters. The fourth-order valence-corrected chi connectivity index (χ4v) is 2.71. The summed E-state index contributed by atoms with van der Waals surface area (Å²) in [6.07, 6.45) is 3.89. The Hall–Kier alpha value is -1.00. The highest BCUT2D eigenvalue weighted by molar-refractivity contribution is 9.10. The summed E-state index contributed by atoms with van der Waals surface area (Å²) < 4.78 is 1.58. The zero-order valence-corrected chi connectivity index (χ0v) is 11.5. The third-order valence-corrected chi connectivity index (χ3v) is 4.40. The van der Waals surface area contributed by atoms with Gasteiger partial charge >= 0.3 is 0 Å². The quantitative estimate of drug-likeness (QED) is 0.812. The van der Waals surface area contributed by atoms with E-state index in [0.29, 0.717) is 5.92 Å². The molecule has 0 saturated carbocycles. The van der Waals surface area contributed by atoms with Crippen molar-refractivity contribution in [2.75, 3.05) is 0 Å². The summed E-state index contributed by atoms with van der Waals surface area (Å²) in [7, 11) is 0. The molecular weight excluding hydrogens is 296 g/mol. The van der Waals surface area contributed by atoms with E-state index in [4.69, 9.17) is 12.2 Å². The van der Waals surface area contributed by atoms with E-state index in [2.05, 4.69) is 50.2 Å². The van der Waals surface area contributed by atoms with Crippen molar-refractivity contribution in [2.24, 2.45) is 0 Å². The molecule has 4 heteroatoms. The van der Waals surface area contributed by atoms with Crippen molar-refractivity contribution in [2.45, 2.75) is 18.8 Å². The summed E-state index contributed by atoms with van der Waals surface area (Å²) in [4.78, 5) is 7.64. The first-order chi connectivity index (χ1) is 8.24. The van der Waals surface area contributed by atoms with E-state index >= 15 is 0 Å². The van der Waals surface area contributed by atoms with Crippen LogP contribution in [0.3, 0.4) is 0 Å². The van der Waals surface area contributed by atoms with Crippen molar-refractivity contribution in [1.29, 1.82) is 0 Å². The molecule has 1 aliphatic carbocycles. The van der Waals surface area contributed by atoms with Crippen molar-refractivity contribution in [3.63, 3.8) is 0 Å². The van der Waals surface area contributed by atoms with Crippen LogP contribution in [-0.4, -0.2) is 9.97 Å². The number of nitrogens with one attached hydrogen (secondary N) is 1. The number of H-pyrrole nitrogens is 1. The standard InChI is InChI=1S/C13H11BrN2S/c14-11-7-15-12(16-13(11)17)10-5-8-3-1-2-4-9(8)6-10/h1-4,7,10H,5-6H2,(H,15,16,17). The van der Waals surface area contributed by atoms with Crippen molar-refractivity contribution < 1.29 is 0 Å². The third kappa shape index (κ3) is 2.07. The van der Waals surface area contributed by atoms with Gasteiger partial charge in [0.1, 0.15) is 10.5 Å². The first-order valence-corrected chi connectivity index (χ1v) is 6.75. The highest BCUT2D eigenvalue weighted by atomic mass is 79.9. The van der Waals surface area contributed by atoms with Crippen molar-refractivity contribution in [3.8, 4) is 0 Å². The Morgan fingerprint density at radius 1 is 1.24 bits per heavy atom. The Balaban J connectivity index is 1.94. The van der Waals surface area contributed by atoms with Crippen LogP contribution in [0.4, 0.5) is 0 Å². The number of fused-ring (bicyclic) bond motifs is 1. The number of benzene rings is 1. The van der Waals surface area contributed by atoms with Gasteiger partial charge < -0.3 is 4.98 Å². The molecule has 0 saturated heterocycles. The summed E-state index contributed by atoms with van der Waals surface area (Å²) in [5.74, 6) is 1.43. The highest BCUT2D eigenvalue weighted by Gasteiger charge is 2.23. The molecule has 1 aliphatic rings. The molecule has 0 spiro atoms. The maximum Gasteiger partial charge on any atom is 0.120 e. The number of aromatic amines is 1. The summed E-state index contributed by atoms with van der Waals surface area (Å²) >= 11 is 8.59. The van der Waals surface area contributed by atoms with E-state index in [1.807, 2.05) is 0 Å².